The first-order valence-electron chi connectivity index (χ1n) is 5.81. The lowest BCUT2D eigenvalue weighted by Crippen LogP contribution is -2.03. The summed E-state index contributed by atoms with van der Waals surface area (Å²) < 4.78 is 13.0. The number of hydrogen-bond acceptors (Lipinski definition) is 1. The van der Waals surface area contributed by atoms with Crippen LogP contribution in [0.4, 0.5) is 10.1 Å². The highest BCUT2D eigenvalue weighted by Crippen LogP contribution is 2.21. The van der Waals surface area contributed by atoms with E-state index in [2.05, 4.69) is 5.32 Å². The van der Waals surface area contributed by atoms with Crippen molar-refractivity contribution in [3.05, 3.63) is 63.9 Å². The Morgan fingerprint density at radius 1 is 1.06 bits per heavy atom. The highest BCUT2D eigenvalue weighted by Gasteiger charge is 2.02. The maximum atomic E-state index is 13.0. The SMILES string of the molecule is Cc1cc(F)ccc1CNc1cc(Cl)ccc1C. The van der Waals surface area contributed by atoms with Crippen molar-refractivity contribution in [2.24, 2.45) is 0 Å². The zero-order valence-electron chi connectivity index (χ0n) is 10.4. The smallest absolute Gasteiger partial charge is 0.123 e. The summed E-state index contributed by atoms with van der Waals surface area (Å²) in [5.41, 5.74) is 4.17. The second kappa shape index (κ2) is 5.40. The van der Waals surface area contributed by atoms with E-state index in [-0.39, 0.29) is 5.82 Å². The first kappa shape index (κ1) is 12.9. The fourth-order valence-corrected chi connectivity index (χ4v) is 2.00. The molecule has 2 aromatic carbocycles. The molecule has 2 rings (SSSR count). The standard InChI is InChI=1S/C15H15ClFN/c1-10-3-5-13(16)8-15(10)18-9-12-4-6-14(17)7-11(12)2/h3-8,18H,9H2,1-2H3. The van der Waals surface area contributed by atoms with Crippen molar-refractivity contribution in [2.75, 3.05) is 5.32 Å². The molecule has 0 saturated heterocycles. The molecule has 0 fully saturated rings. The maximum Gasteiger partial charge on any atom is 0.123 e. The minimum absolute atomic E-state index is 0.199. The average Bonchev–Trinajstić information content (AvgIpc) is 2.32. The average molecular weight is 264 g/mol. The summed E-state index contributed by atoms with van der Waals surface area (Å²) >= 11 is 5.96. The molecule has 0 atom stereocenters. The second-order valence-electron chi connectivity index (χ2n) is 4.38. The van der Waals surface area contributed by atoms with Gasteiger partial charge in [-0.25, -0.2) is 4.39 Å². The lowest BCUT2D eigenvalue weighted by atomic mass is 10.1. The Balaban J connectivity index is 2.13. The molecular weight excluding hydrogens is 249 g/mol. The van der Waals surface area contributed by atoms with Gasteiger partial charge in [0.2, 0.25) is 0 Å². The summed E-state index contributed by atoms with van der Waals surface area (Å²) in [4.78, 5) is 0. The number of anilines is 1. The van der Waals surface area contributed by atoms with Crippen LogP contribution in [0.5, 0.6) is 0 Å². The van der Waals surface area contributed by atoms with Crippen LogP contribution in [0.15, 0.2) is 36.4 Å². The number of benzene rings is 2. The van der Waals surface area contributed by atoms with E-state index in [0.717, 1.165) is 22.4 Å². The molecule has 0 aromatic heterocycles. The highest BCUT2D eigenvalue weighted by atomic mass is 35.5. The van der Waals surface area contributed by atoms with Gasteiger partial charge in [-0.3, -0.25) is 0 Å². The fraction of sp³-hybridized carbons (Fsp3) is 0.200. The van der Waals surface area contributed by atoms with Gasteiger partial charge in [0.1, 0.15) is 5.82 Å². The quantitative estimate of drug-likeness (QED) is 0.846. The molecule has 0 spiro atoms. The third-order valence-corrected chi connectivity index (χ3v) is 3.21. The van der Waals surface area contributed by atoms with Crippen LogP contribution in [0.2, 0.25) is 5.02 Å². The largest absolute Gasteiger partial charge is 0.381 e. The summed E-state index contributed by atoms with van der Waals surface area (Å²) in [6.07, 6.45) is 0. The molecule has 0 aliphatic rings. The first-order chi connectivity index (χ1) is 8.56. The predicted octanol–water partition coefficient (Wildman–Crippen LogP) is 4.71. The molecule has 0 saturated carbocycles. The van der Waals surface area contributed by atoms with Crippen LogP contribution in [-0.2, 0) is 6.54 Å². The van der Waals surface area contributed by atoms with E-state index >= 15 is 0 Å². The third-order valence-electron chi connectivity index (χ3n) is 2.97. The monoisotopic (exact) mass is 263 g/mol. The van der Waals surface area contributed by atoms with E-state index in [1.54, 1.807) is 12.1 Å². The number of halogens is 2. The molecule has 0 unspecified atom stereocenters. The molecule has 1 N–H and O–H groups in total. The van der Waals surface area contributed by atoms with E-state index in [4.69, 9.17) is 11.6 Å². The molecule has 94 valence electrons. The van der Waals surface area contributed by atoms with Crippen LogP contribution in [0.25, 0.3) is 0 Å². The maximum absolute atomic E-state index is 13.0. The van der Waals surface area contributed by atoms with E-state index < -0.39 is 0 Å². The lowest BCUT2D eigenvalue weighted by Gasteiger charge is -2.11. The molecule has 18 heavy (non-hydrogen) atoms. The van der Waals surface area contributed by atoms with Gasteiger partial charge in [-0.1, -0.05) is 23.7 Å². The zero-order chi connectivity index (χ0) is 13.1. The molecule has 0 aliphatic heterocycles. The summed E-state index contributed by atoms with van der Waals surface area (Å²) in [7, 11) is 0. The molecule has 2 aromatic rings. The van der Waals surface area contributed by atoms with Gasteiger partial charge in [-0.15, -0.1) is 0 Å². The molecule has 0 heterocycles. The predicted molar refractivity (Wildman–Crippen MR) is 74.7 cm³/mol. The molecule has 0 amide bonds. The van der Waals surface area contributed by atoms with Crippen molar-refractivity contribution in [2.45, 2.75) is 20.4 Å². The lowest BCUT2D eigenvalue weighted by molar-refractivity contribution is 0.625. The fourth-order valence-electron chi connectivity index (χ4n) is 1.83. The zero-order valence-corrected chi connectivity index (χ0v) is 11.2. The molecular formula is C15H15ClFN. The minimum Gasteiger partial charge on any atom is -0.381 e. The number of hydrogen-bond donors (Lipinski definition) is 1. The van der Waals surface area contributed by atoms with Crippen molar-refractivity contribution < 1.29 is 4.39 Å². The van der Waals surface area contributed by atoms with E-state index in [9.17, 15) is 4.39 Å². The minimum atomic E-state index is -0.199. The van der Waals surface area contributed by atoms with Crippen molar-refractivity contribution in [3.63, 3.8) is 0 Å². The van der Waals surface area contributed by atoms with Gasteiger partial charge in [0.15, 0.2) is 0 Å². The number of nitrogens with one attached hydrogen (secondary N) is 1. The topological polar surface area (TPSA) is 12.0 Å². The van der Waals surface area contributed by atoms with Crippen LogP contribution in [0.3, 0.4) is 0 Å². The Labute approximate surface area is 112 Å². The van der Waals surface area contributed by atoms with Crippen LogP contribution in [0.1, 0.15) is 16.7 Å². The molecule has 1 nitrogen and oxygen atoms in total. The molecule has 3 heteroatoms. The second-order valence-corrected chi connectivity index (χ2v) is 4.82. The van der Waals surface area contributed by atoms with Crippen molar-refractivity contribution in [1.29, 1.82) is 0 Å². The molecule has 0 aliphatic carbocycles. The van der Waals surface area contributed by atoms with Gasteiger partial charge in [-0.2, -0.15) is 0 Å². The summed E-state index contributed by atoms with van der Waals surface area (Å²) in [5.74, 6) is -0.199. The summed E-state index contributed by atoms with van der Waals surface area (Å²) in [5, 5.41) is 4.03. The van der Waals surface area contributed by atoms with E-state index in [0.29, 0.717) is 11.6 Å². The summed E-state index contributed by atoms with van der Waals surface area (Å²) in [6, 6.07) is 10.6. The van der Waals surface area contributed by atoms with E-state index in [1.807, 2.05) is 32.0 Å². The van der Waals surface area contributed by atoms with Crippen molar-refractivity contribution >= 4 is 17.3 Å². The normalized spacial score (nSPS) is 10.4. The summed E-state index contributed by atoms with van der Waals surface area (Å²) in [6.45, 7) is 4.59. The van der Waals surface area contributed by atoms with Crippen LogP contribution in [0, 0.1) is 19.7 Å². The van der Waals surface area contributed by atoms with Crippen LogP contribution >= 0.6 is 11.6 Å². The van der Waals surface area contributed by atoms with Crippen molar-refractivity contribution in [1.82, 2.24) is 0 Å². The Morgan fingerprint density at radius 3 is 2.56 bits per heavy atom. The van der Waals surface area contributed by atoms with Gasteiger partial charge < -0.3 is 5.32 Å². The van der Waals surface area contributed by atoms with Gasteiger partial charge in [-0.05, 0) is 54.8 Å². The Kier molecular flexibility index (Phi) is 3.87. The van der Waals surface area contributed by atoms with Gasteiger partial charge >= 0.3 is 0 Å². The Bertz CT molecular complexity index is 566. The third kappa shape index (κ3) is 3.02. The van der Waals surface area contributed by atoms with Gasteiger partial charge in [0.25, 0.3) is 0 Å². The van der Waals surface area contributed by atoms with Gasteiger partial charge in [0.05, 0.1) is 0 Å². The molecule has 0 radical (unpaired) electrons. The Morgan fingerprint density at radius 2 is 1.83 bits per heavy atom. The van der Waals surface area contributed by atoms with E-state index in [1.165, 1.54) is 6.07 Å². The molecule has 0 bridgehead atoms. The number of rotatable bonds is 3. The van der Waals surface area contributed by atoms with Gasteiger partial charge in [0, 0.05) is 17.3 Å². The Hall–Kier alpha value is -1.54. The van der Waals surface area contributed by atoms with Crippen LogP contribution < -0.4 is 5.32 Å². The number of aryl methyl sites for hydroxylation is 2. The van der Waals surface area contributed by atoms with Crippen molar-refractivity contribution in [3.8, 4) is 0 Å². The first-order valence-corrected chi connectivity index (χ1v) is 6.19. The van der Waals surface area contributed by atoms with Crippen LogP contribution in [-0.4, -0.2) is 0 Å². The highest BCUT2D eigenvalue weighted by molar-refractivity contribution is 6.30.